The molecule has 3 atom stereocenters. The first-order chi connectivity index (χ1) is 20.4. The lowest BCUT2D eigenvalue weighted by Gasteiger charge is -2.23. The molecule has 2 saturated heterocycles. The number of rotatable bonds is 9. The van der Waals surface area contributed by atoms with Crippen molar-refractivity contribution in [3.63, 3.8) is 0 Å². The smallest absolute Gasteiger partial charge is 0.295 e. The van der Waals surface area contributed by atoms with E-state index in [4.69, 9.17) is 14.5 Å². The van der Waals surface area contributed by atoms with Crippen LogP contribution in [0.3, 0.4) is 0 Å². The Hall–Kier alpha value is -4.04. The van der Waals surface area contributed by atoms with Crippen LogP contribution in [0.2, 0.25) is 0 Å². The number of hydrogen-bond acceptors (Lipinski definition) is 12. The van der Waals surface area contributed by atoms with Crippen LogP contribution in [0.25, 0.3) is 22.6 Å². The fraction of sp³-hybridized carbons (Fsp3) is 0.464. The maximum atomic E-state index is 14.0. The Kier molecular flexibility index (Phi) is 6.61. The summed E-state index contributed by atoms with van der Waals surface area (Å²) in [6.07, 6.45) is 9.06. The quantitative estimate of drug-likeness (QED) is 0.304. The third-order valence-corrected chi connectivity index (χ3v) is 9.95. The van der Waals surface area contributed by atoms with E-state index >= 15 is 0 Å². The fourth-order valence-corrected chi connectivity index (χ4v) is 6.70. The van der Waals surface area contributed by atoms with E-state index in [0.29, 0.717) is 46.5 Å². The maximum absolute atomic E-state index is 14.0. The van der Waals surface area contributed by atoms with Gasteiger partial charge in [0.15, 0.2) is 27.1 Å². The predicted molar refractivity (Wildman–Crippen MR) is 152 cm³/mol. The van der Waals surface area contributed by atoms with E-state index in [9.17, 15) is 13.2 Å². The van der Waals surface area contributed by atoms with Crippen LogP contribution in [-0.4, -0.2) is 68.0 Å². The van der Waals surface area contributed by atoms with Crippen molar-refractivity contribution < 1.29 is 17.9 Å². The molecule has 1 N–H and O–H groups in total. The molecule has 7 rings (SSSR count). The standard InChI is InChI=1S/C28H30N8O5S/c1-3-42(38,39)18-8-6-16(29-12-18)11-30-25-28(37)36(20-10-17-7-9-21(20)41-17)26-19(34-25)13-31-24(35-26)22-23(15-4-5-15)32-14-33-27(22)40-2/h6,8,12-15,17,20-21H,3-5,7,9-11H2,1-2H3,(H,30,34)/t17-,20+,21+/m0/s1. The van der Waals surface area contributed by atoms with Gasteiger partial charge in [0.1, 0.15) is 17.4 Å². The SMILES string of the molecule is CCS(=O)(=O)c1ccc(CNc2nc3cnc(-c4c(OC)ncnc4C4CC4)nc3n([C@@H]3C[C@@H]4CC[C@H]3O4)c2=O)nc1. The number of nitrogens with one attached hydrogen (secondary N) is 1. The average molecular weight is 591 g/mol. The van der Waals surface area contributed by atoms with E-state index in [-0.39, 0.29) is 46.8 Å². The number of methoxy groups -OCH3 is 1. The van der Waals surface area contributed by atoms with E-state index in [2.05, 4.69) is 30.2 Å². The number of hydrogen-bond donors (Lipinski definition) is 1. The first-order valence-electron chi connectivity index (χ1n) is 14.1. The highest BCUT2D eigenvalue weighted by atomic mass is 32.2. The zero-order valence-corrected chi connectivity index (χ0v) is 24.0. The zero-order chi connectivity index (χ0) is 29.0. The summed E-state index contributed by atoms with van der Waals surface area (Å²) in [6.45, 7) is 1.76. The molecule has 4 aromatic rings. The molecular formula is C28H30N8O5S. The van der Waals surface area contributed by atoms with E-state index in [1.165, 1.54) is 18.6 Å². The summed E-state index contributed by atoms with van der Waals surface area (Å²) >= 11 is 0. The maximum Gasteiger partial charge on any atom is 0.295 e. The lowest BCUT2D eigenvalue weighted by Crippen LogP contribution is -2.34. The monoisotopic (exact) mass is 590 g/mol. The highest BCUT2D eigenvalue weighted by molar-refractivity contribution is 7.91. The third-order valence-electron chi connectivity index (χ3n) is 8.23. The molecule has 0 aromatic carbocycles. The second-order valence-corrected chi connectivity index (χ2v) is 13.2. The minimum absolute atomic E-state index is 0.00465. The Morgan fingerprint density at radius 3 is 2.60 bits per heavy atom. The molecule has 2 bridgehead atoms. The molecule has 1 aliphatic carbocycles. The zero-order valence-electron chi connectivity index (χ0n) is 23.2. The molecule has 4 aromatic heterocycles. The molecule has 0 spiro atoms. The van der Waals surface area contributed by atoms with Gasteiger partial charge in [-0.2, -0.15) is 0 Å². The number of sulfone groups is 1. The van der Waals surface area contributed by atoms with Crippen LogP contribution in [0.4, 0.5) is 5.82 Å². The molecule has 2 aliphatic heterocycles. The van der Waals surface area contributed by atoms with Gasteiger partial charge in [-0.3, -0.25) is 14.3 Å². The van der Waals surface area contributed by atoms with Gasteiger partial charge < -0.3 is 14.8 Å². The molecule has 3 aliphatic rings. The van der Waals surface area contributed by atoms with E-state index in [1.807, 2.05) is 0 Å². The van der Waals surface area contributed by atoms with Gasteiger partial charge in [-0.1, -0.05) is 6.92 Å². The summed E-state index contributed by atoms with van der Waals surface area (Å²) in [5.41, 5.74) is 2.58. The van der Waals surface area contributed by atoms with Crippen LogP contribution in [0.1, 0.15) is 62.4 Å². The van der Waals surface area contributed by atoms with Crippen molar-refractivity contribution >= 4 is 26.8 Å². The number of fused-ring (bicyclic) bond motifs is 3. The molecule has 3 fully saturated rings. The van der Waals surface area contributed by atoms with Gasteiger partial charge in [-0.25, -0.2) is 33.3 Å². The van der Waals surface area contributed by atoms with Crippen molar-refractivity contribution in [1.29, 1.82) is 0 Å². The van der Waals surface area contributed by atoms with Gasteiger partial charge in [0, 0.05) is 12.1 Å². The normalized spacial score (nSPS) is 21.6. The lowest BCUT2D eigenvalue weighted by atomic mass is 9.95. The highest BCUT2D eigenvalue weighted by Gasteiger charge is 2.43. The molecule has 218 valence electrons. The van der Waals surface area contributed by atoms with Gasteiger partial charge in [-0.15, -0.1) is 0 Å². The largest absolute Gasteiger partial charge is 0.480 e. The van der Waals surface area contributed by atoms with E-state index in [1.54, 1.807) is 30.9 Å². The van der Waals surface area contributed by atoms with Crippen LogP contribution in [0, 0.1) is 0 Å². The number of nitrogens with zero attached hydrogens (tertiary/aromatic N) is 7. The number of aromatic nitrogens is 7. The Morgan fingerprint density at radius 2 is 1.93 bits per heavy atom. The lowest BCUT2D eigenvalue weighted by molar-refractivity contribution is 0.0939. The average Bonchev–Trinajstić information content (AvgIpc) is 3.65. The first kappa shape index (κ1) is 26.8. The molecular weight excluding hydrogens is 560 g/mol. The van der Waals surface area contributed by atoms with Gasteiger partial charge in [0.05, 0.1) is 60.1 Å². The van der Waals surface area contributed by atoms with Crippen molar-refractivity contribution in [2.45, 2.75) is 74.6 Å². The summed E-state index contributed by atoms with van der Waals surface area (Å²) in [6, 6.07) is 2.95. The second kappa shape index (κ2) is 10.3. The van der Waals surface area contributed by atoms with Gasteiger partial charge >= 0.3 is 0 Å². The summed E-state index contributed by atoms with van der Waals surface area (Å²) in [5.74, 6) is 1.20. The fourth-order valence-electron chi connectivity index (χ4n) is 5.88. The van der Waals surface area contributed by atoms with Crippen molar-refractivity contribution in [2.75, 3.05) is 18.2 Å². The molecule has 0 amide bonds. The van der Waals surface area contributed by atoms with Crippen LogP contribution in [-0.2, 0) is 21.1 Å². The Morgan fingerprint density at radius 1 is 1.07 bits per heavy atom. The Balaban J connectivity index is 1.30. The number of pyridine rings is 1. The molecule has 0 unspecified atom stereocenters. The Labute approximate surface area is 241 Å². The first-order valence-corrected chi connectivity index (χ1v) is 15.8. The summed E-state index contributed by atoms with van der Waals surface area (Å²) < 4.78 is 37.7. The molecule has 14 heteroatoms. The van der Waals surface area contributed by atoms with Crippen LogP contribution < -0.4 is 15.6 Å². The highest BCUT2D eigenvalue weighted by Crippen LogP contribution is 2.45. The molecule has 6 heterocycles. The minimum Gasteiger partial charge on any atom is -0.480 e. The van der Waals surface area contributed by atoms with Crippen molar-refractivity contribution in [1.82, 2.24) is 34.5 Å². The Bertz CT molecular complexity index is 1840. The van der Waals surface area contributed by atoms with Crippen molar-refractivity contribution in [3.8, 4) is 17.3 Å². The van der Waals surface area contributed by atoms with Crippen LogP contribution in [0.15, 0.2) is 40.5 Å². The molecule has 0 radical (unpaired) electrons. The molecule has 13 nitrogen and oxygen atoms in total. The second-order valence-electron chi connectivity index (χ2n) is 10.9. The van der Waals surface area contributed by atoms with Gasteiger partial charge in [-0.05, 0) is 44.2 Å². The molecule has 1 saturated carbocycles. The van der Waals surface area contributed by atoms with Gasteiger partial charge in [0.25, 0.3) is 5.56 Å². The summed E-state index contributed by atoms with van der Waals surface area (Å²) in [5, 5.41) is 3.11. The topological polar surface area (TPSA) is 164 Å². The van der Waals surface area contributed by atoms with Gasteiger partial charge in [0.2, 0.25) is 5.88 Å². The molecule has 42 heavy (non-hydrogen) atoms. The van der Waals surface area contributed by atoms with E-state index in [0.717, 1.165) is 31.4 Å². The minimum atomic E-state index is -3.35. The van der Waals surface area contributed by atoms with Crippen molar-refractivity contribution in [2.24, 2.45) is 0 Å². The number of ether oxygens (including phenoxy) is 2. The van der Waals surface area contributed by atoms with Crippen LogP contribution in [0.5, 0.6) is 5.88 Å². The summed E-state index contributed by atoms with van der Waals surface area (Å²) in [4.78, 5) is 41.4. The number of anilines is 1. The van der Waals surface area contributed by atoms with Crippen molar-refractivity contribution in [3.05, 3.63) is 52.6 Å². The van der Waals surface area contributed by atoms with Crippen LogP contribution >= 0.6 is 0 Å². The third kappa shape index (κ3) is 4.67. The summed E-state index contributed by atoms with van der Waals surface area (Å²) in [7, 11) is -1.80. The van der Waals surface area contributed by atoms with E-state index < -0.39 is 9.84 Å². The predicted octanol–water partition coefficient (Wildman–Crippen LogP) is 2.82.